The molecule has 0 radical (unpaired) electrons. The Hall–Kier alpha value is -0.680. The van der Waals surface area contributed by atoms with Crippen LogP contribution in [-0.2, 0) is 0 Å². The third kappa shape index (κ3) is 3.42. The average Bonchev–Trinajstić information content (AvgIpc) is 2.74. The lowest BCUT2D eigenvalue weighted by molar-refractivity contribution is 0.0956. The number of carbonyl (C=O) groups excluding carboxylic acids is 1. The summed E-state index contributed by atoms with van der Waals surface area (Å²) in [6, 6.07) is 0. The molecule has 1 N–H and O–H groups in total. The van der Waals surface area contributed by atoms with Gasteiger partial charge in [-0.2, -0.15) is 0 Å². The smallest absolute Gasteiger partial charge is 0.265 e. The van der Waals surface area contributed by atoms with Crippen LogP contribution in [0.5, 0.6) is 0 Å². The van der Waals surface area contributed by atoms with Crippen molar-refractivity contribution in [2.45, 2.75) is 38.5 Å². The Labute approximate surface area is 105 Å². The summed E-state index contributed by atoms with van der Waals surface area (Å²) in [5, 5.41) is 6.73. The quantitative estimate of drug-likeness (QED) is 0.828. The molecule has 1 heterocycles. The Morgan fingerprint density at radius 3 is 2.81 bits per heavy atom. The van der Waals surface area contributed by atoms with Crippen molar-refractivity contribution in [1.29, 1.82) is 0 Å². The van der Waals surface area contributed by atoms with Crippen LogP contribution in [0.2, 0.25) is 0 Å². The third-order valence-electron chi connectivity index (χ3n) is 2.19. The van der Waals surface area contributed by atoms with Crippen LogP contribution in [0, 0.1) is 0 Å². The average molecular weight is 262 g/mol. The fraction of sp³-hybridized carbons (Fsp3) is 0.700. The molecular formula is C10H16ClN3OS. The van der Waals surface area contributed by atoms with E-state index in [1.165, 1.54) is 0 Å². The van der Waals surface area contributed by atoms with E-state index in [1.807, 2.05) is 20.8 Å². The number of rotatable bonds is 5. The van der Waals surface area contributed by atoms with Gasteiger partial charge in [0.2, 0.25) is 0 Å². The molecule has 0 aromatic carbocycles. The SMILES string of the molecule is CCC(Cl)CNC(=O)c1snnc1C(C)C. The number of amides is 1. The number of nitrogens with zero attached hydrogens (tertiary/aromatic N) is 2. The molecule has 0 aliphatic carbocycles. The van der Waals surface area contributed by atoms with E-state index in [0.717, 1.165) is 23.6 Å². The van der Waals surface area contributed by atoms with Crippen molar-refractivity contribution < 1.29 is 4.79 Å². The standard InChI is InChI=1S/C10H16ClN3OS/c1-4-7(11)5-12-10(15)9-8(6(2)3)13-14-16-9/h6-7H,4-5H2,1-3H3,(H,12,15). The van der Waals surface area contributed by atoms with Gasteiger partial charge in [0.05, 0.1) is 11.1 Å². The molecule has 1 amide bonds. The molecule has 0 spiro atoms. The van der Waals surface area contributed by atoms with Crippen molar-refractivity contribution in [3.63, 3.8) is 0 Å². The highest BCUT2D eigenvalue weighted by Crippen LogP contribution is 2.19. The Morgan fingerprint density at radius 2 is 2.25 bits per heavy atom. The van der Waals surface area contributed by atoms with Crippen LogP contribution in [0.1, 0.15) is 48.5 Å². The first kappa shape index (κ1) is 13.4. The van der Waals surface area contributed by atoms with E-state index in [4.69, 9.17) is 11.6 Å². The summed E-state index contributed by atoms with van der Waals surface area (Å²) in [6.07, 6.45) is 0.833. The summed E-state index contributed by atoms with van der Waals surface area (Å²) >= 11 is 7.06. The molecule has 0 saturated heterocycles. The van der Waals surface area contributed by atoms with Gasteiger partial charge in [-0.3, -0.25) is 4.79 Å². The van der Waals surface area contributed by atoms with E-state index in [1.54, 1.807) is 0 Å². The zero-order valence-electron chi connectivity index (χ0n) is 9.66. The minimum atomic E-state index is -0.127. The molecule has 1 unspecified atom stereocenters. The van der Waals surface area contributed by atoms with Gasteiger partial charge in [0.25, 0.3) is 5.91 Å². The predicted octanol–water partition coefficient (Wildman–Crippen LogP) is 2.41. The third-order valence-corrected chi connectivity index (χ3v) is 3.40. The van der Waals surface area contributed by atoms with Crippen molar-refractivity contribution in [2.75, 3.05) is 6.54 Å². The van der Waals surface area contributed by atoms with E-state index in [9.17, 15) is 4.79 Å². The maximum absolute atomic E-state index is 11.8. The number of carbonyl (C=O) groups is 1. The largest absolute Gasteiger partial charge is 0.350 e. The van der Waals surface area contributed by atoms with Crippen molar-refractivity contribution in [1.82, 2.24) is 14.9 Å². The lowest BCUT2D eigenvalue weighted by Crippen LogP contribution is -2.29. The molecule has 0 bridgehead atoms. The van der Waals surface area contributed by atoms with Gasteiger partial charge in [-0.05, 0) is 23.9 Å². The van der Waals surface area contributed by atoms with E-state index in [2.05, 4.69) is 14.9 Å². The molecule has 0 aliphatic heterocycles. The van der Waals surface area contributed by atoms with Gasteiger partial charge in [-0.15, -0.1) is 16.7 Å². The molecule has 0 saturated carbocycles. The fourth-order valence-corrected chi connectivity index (χ4v) is 1.97. The molecule has 4 nitrogen and oxygen atoms in total. The Bertz CT molecular complexity index is 354. The molecule has 90 valence electrons. The van der Waals surface area contributed by atoms with E-state index in [0.29, 0.717) is 11.4 Å². The molecule has 0 fully saturated rings. The molecule has 1 aromatic rings. The Morgan fingerprint density at radius 1 is 1.56 bits per heavy atom. The number of aromatic nitrogens is 2. The van der Waals surface area contributed by atoms with Crippen LogP contribution >= 0.6 is 23.1 Å². The van der Waals surface area contributed by atoms with Crippen molar-refractivity contribution in [3.05, 3.63) is 10.6 Å². The van der Waals surface area contributed by atoms with Gasteiger partial charge in [0.15, 0.2) is 0 Å². The van der Waals surface area contributed by atoms with Crippen molar-refractivity contribution in [3.8, 4) is 0 Å². The van der Waals surface area contributed by atoms with Gasteiger partial charge >= 0.3 is 0 Å². The minimum absolute atomic E-state index is 0.0210. The maximum atomic E-state index is 11.8. The lowest BCUT2D eigenvalue weighted by atomic mass is 10.1. The highest BCUT2D eigenvalue weighted by atomic mass is 35.5. The predicted molar refractivity (Wildman–Crippen MR) is 66.3 cm³/mol. The summed E-state index contributed by atoms with van der Waals surface area (Å²) < 4.78 is 3.81. The molecule has 0 aliphatic rings. The monoisotopic (exact) mass is 261 g/mol. The first-order valence-corrected chi connectivity index (χ1v) is 6.51. The van der Waals surface area contributed by atoms with Crippen LogP contribution in [0.15, 0.2) is 0 Å². The highest BCUT2D eigenvalue weighted by Gasteiger charge is 2.18. The first-order chi connectivity index (χ1) is 7.56. The normalized spacial score (nSPS) is 12.8. The van der Waals surface area contributed by atoms with Crippen molar-refractivity contribution in [2.24, 2.45) is 0 Å². The lowest BCUT2D eigenvalue weighted by Gasteiger charge is -2.08. The Balaban J connectivity index is 2.62. The highest BCUT2D eigenvalue weighted by molar-refractivity contribution is 7.08. The van der Waals surface area contributed by atoms with Crippen LogP contribution in [-0.4, -0.2) is 27.4 Å². The molecular weight excluding hydrogens is 246 g/mol. The van der Waals surface area contributed by atoms with Gasteiger partial charge < -0.3 is 5.32 Å². The fourth-order valence-electron chi connectivity index (χ4n) is 1.16. The maximum Gasteiger partial charge on any atom is 0.265 e. The van der Waals surface area contributed by atoms with E-state index in [-0.39, 0.29) is 17.2 Å². The van der Waals surface area contributed by atoms with Crippen LogP contribution in [0.4, 0.5) is 0 Å². The first-order valence-electron chi connectivity index (χ1n) is 5.30. The van der Waals surface area contributed by atoms with Gasteiger partial charge in [-0.25, -0.2) is 0 Å². The molecule has 6 heteroatoms. The Kier molecular flexibility index (Phi) is 5.15. The second-order valence-corrected chi connectivity index (χ2v) is 5.23. The van der Waals surface area contributed by atoms with Crippen molar-refractivity contribution >= 4 is 29.0 Å². The number of nitrogens with one attached hydrogen (secondary N) is 1. The summed E-state index contributed by atoms with van der Waals surface area (Å²) in [5.41, 5.74) is 0.755. The second-order valence-electron chi connectivity index (χ2n) is 3.86. The number of halogens is 1. The van der Waals surface area contributed by atoms with E-state index < -0.39 is 0 Å². The minimum Gasteiger partial charge on any atom is -0.350 e. The summed E-state index contributed by atoms with van der Waals surface area (Å²) in [6.45, 7) is 6.44. The zero-order chi connectivity index (χ0) is 12.1. The van der Waals surface area contributed by atoms with Gasteiger partial charge in [0, 0.05) is 6.54 Å². The second kappa shape index (κ2) is 6.15. The van der Waals surface area contributed by atoms with Crippen LogP contribution < -0.4 is 5.32 Å². The zero-order valence-corrected chi connectivity index (χ0v) is 11.2. The topological polar surface area (TPSA) is 54.9 Å². The molecule has 1 atom stereocenters. The molecule has 1 rings (SSSR count). The number of hydrogen-bond donors (Lipinski definition) is 1. The van der Waals surface area contributed by atoms with Crippen LogP contribution in [0.25, 0.3) is 0 Å². The summed E-state index contributed by atoms with van der Waals surface area (Å²) in [5.74, 6) is 0.0790. The van der Waals surface area contributed by atoms with Gasteiger partial charge in [-0.1, -0.05) is 25.3 Å². The van der Waals surface area contributed by atoms with Crippen LogP contribution in [0.3, 0.4) is 0 Å². The summed E-state index contributed by atoms with van der Waals surface area (Å²) in [4.78, 5) is 12.4. The molecule has 16 heavy (non-hydrogen) atoms. The number of alkyl halides is 1. The number of hydrogen-bond acceptors (Lipinski definition) is 4. The van der Waals surface area contributed by atoms with E-state index >= 15 is 0 Å². The molecule has 1 aromatic heterocycles. The summed E-state index contributed by atoms with van der Waals surface area (Å²) in [7, 11) is 0. The van der Waals surface area contributed by atoms with Gasteiger partial charge in [0.1, 0.15) is 4.88 Å².